The van der Waals surface area contributed by atoms with Crippen molar-refractivity contribution in [1.29, 1.82) is 0 Å². The van der Waals surface area contributed by atoms with Crippen molar-refractivity contribution in [2.24, 2.45) is 0 Å². The fourth-order valence-corrected chi connectivity index (χ4v) is 5.24. The number of aryl methyl sites for hydroxylation is 1. The summed E-state index contributed by atoms with van der Waals surface area (Å²) >= 11 is 0. The zero-order valence-electron chi connectivity index (χ0n) is 26.2. The van der Waals surface area contributed by atoms with Crippen LogP contribution in [0.5, 0.6) is 5.75 Å². The predicted molar refractivity (Wildman–Crippen MR) is 170 cm³/mol. The minimum absolute atomic E-state index is 0.0312. The summed E-state index contributed by atoms with van der Waals surface area (Å²) in [4.78, 5) is 39.4. The third-order valence-electron chi connectivity index (χ3n) is 7.72. The summed E-state index contributed by atoms with van der Waals surface area (Å²) in [6, 6.07) is 22.4. The van der Waals surface area contributed by atoms with Crippen LogP contribution in [0.4, 0.5) is 4.79 Å². The number of esters is 1. The highest BCUT2D eigenvalue weighted by molar-refractivity contribution is 6.74. The summed E-state index contributed by atoms with van der Waals surface area (Å²) in [5, 5.41) is 5.48. The molecule has 8 nitrogen and oxygen atoms in total. The fraction of sp³-hybridized carbons (Fsp3) is 0.382. The van der Waals surface area contributed by atoms with Gasteiger partial charge in [-0.15, -0.1) is 0 Å². The highest BCUT2D eigenvalue weighted by Gasteiger charge is 2.39. The first-order valence-electron chi connectivity index (χ1n) is 14.5. The van der Waals surface area contributed by atoms with Crippen molar-refractivity contribution in [3.8, 4) is 5.75 Å². The van der Waals surface area contributed by atoms with Crippen molar-refractivity contribution >= 4 is 26.3 Å². The van der Waals surface area contributed by atoms with Crippen LogP contribution < -0.4 is 15.1 Å². The molecular formula is C34H44N2O6Si. The van der Waals surface area contributed by atoms with E-state index in [2.05, 4.69) is 44.5 Å². The lowest BCUT2D eigenvalue weighted by Crippen LogP contribution is -2.53. The molecule has 0 unspecified atom stereocenters. The van der Waals surface area contributed by atoms with E-state index in [1.54, 1.807) is 0 Å². The van der Waals surface area contributed by atoms with Crippen molar-refractivity contribution in [2.45, 2.75) is 77.4 Å². The Bertz CT molecular complexity index is 1370. The SMILES string of the molecule is COC(=O)[C@H](Cc1cc(C)ccc1O[Si](C)(C)C(C)(C)C)NC(=O)[C@H](Cc1ccccc1)NC(=O)OCc1ccccc1. The van der Waals surface area contributed by atoms with Crippen molar-refractivity contribution < 1.29 is 28.3 Å². The number of ether oxygens (including phenoxy) is 2. The van der Waals surface area contributed by atoms with Crippen LogP contribution in [-0.2, 0) is 38.5 Å². The van der Waals surface area contributed by atoms with E-state index in [9.17, 15) is 14.4 Å². The Hall–Kier alpha value is -4.11. The molecule has 3 aromatic carbocycles. The molecule has 0 saturated heterocycles. The van der Waals surface area contributed by atoms with Crippen LogP contribution in [0, 0.1) is 6.92 Å². The molecule has 3 rings (SSSR count). The lowest BCUT2D eigenvalue weighted by Gasteiger charge is -2.37. The second kappa shape index (κ2) is 14.9. The van der Waals surface area contributed by atoms with Crippen molar-refractivity contribution in [2.75, 3.05) is 7.11 Å². The summed E-state index contributed by atoms with van der Waals surface area (Å²) < 4.78 is 17.1. The van der Waals surface area contributed by atoms with Gasteiger partial charge in [0.15, 0.2) is 0 Å². The smallest absolute Gasteiger partial charge is 0.408 e. The Labute approximate surface area is 256 Å². The second-order valence-corrected chi connectivity index (χ2v) is 16.9. The van der Waals surface area contributed by atoms with Gasteiger partial charge in [0.2, 0.25) is 14.2 Å². The zero-order chi connectivity index (χ0) is 31.6. The maximum absolute atomic E-state index is 13.7. The lowest BCUT2D eigenvalue weighted by molar-refractivity contribution is -0.145. The van der Waals surface area contributed by atoms with Crippen LogP contribution in [-0.4, -0.2) is 45.5 Å². The Morgan fingerprint density at radius 1 is 0.814 bits per heavy atom. The van der Waals surface area contributed by atoms with Gasteiger partial charge in [-0.25, -0.2) is 9.59 Å². The molecule has 0 heterocycles. The van der Waals surface area contributed by atoms with Gasteiger partial charge in [0.05, 0.1) is 7.11 Å². The highest BCUT2D eigenvalue weighted by atomic mass is 28.4. The van der Waals surface area contributed by atoms with Gasteiger partial charge < -0.3 is 24.5 Å². The van der Waals surface area contributed by atoms with Gasteiger partial charge in [-0.2, -0.15) is 0 Å². The molecule has 0 spiro atoms. The van der Waals surface area contributed by atoms with Crippen molar-refractivity contribution in [3.05, 3.63) is 101 Å². The van der Waals surface area contributed by atoms with E-state index in [4.69, 9.17) is 13.9 Å². The number of alkyl carbamates (subject to hydrolysis) is 1. The Balaban J connectivity index is 1.82. The molecule has 0 aliphatic heterocycles. The third kappa shape index (κ3) is 9.99. The summed E-state index contributed by atoms with van der Waals surface area (Å²) in [6.07, 6.45) is -0.385. The summed E-state index contributed by atoms with van der Waals surface area (Å²) in [7, 11) is -0.907. The van der Waals surface area contributed by atoms with Crippen LogP contribution in [0.3, 0.4) is 0 Å². The molecule has 2 N–H and O–H groups in total. The van der Waals surface area contributed by atoms with Gasteiger partial charge in [-0.3, -0.25) is 4.79 Å². The molecule has 0 saturated carbocycles. The number of amides is 2. The van der Waals surface area contributed by atoms with Crippen LogP contribution in [0.2, 0.25) is 18.1 Å². The average molecular weight is 605 g/mol. The monoisotopic (exact) mass is 604 g/mol. The van der Waals surface area contributed by atoms with E-state index in [0.717, 1.165) is 22.3 Å². The van der Waals surface area contributed by atoms with Crippen LogP contribution >= 0.6 is 0 Å². The number of benzene rings is 3. The molecule has 2 amide bonds. The number of nitrogens with one attached hydrogen (secondary N) is 2. The van der Waals surface area contributed by atoms with Gasteiger partial charge in [0, 0.05) is 12.8 Å². The molecule has 0 radical (unpaired) electrons. The van der Waals surface area contributed by atoms with E-state index in [0.29, 0.717) is 5.75 Å². The topological polar surface area (TPSA) is 103 Å². The molecule has 43 heavy (non-hydrogen) atoms. The van der Waals surface area contributed by atoms with Gasteiger partial charge in [0.25, 0.3) is 0 Å². The minimum Gasteiger partial charge on any atom is -0.543 e. The molecule has 0 aromatic heterocycles. The highest BCUT2D eigenvalue weighted by Crippen LogP contribution is 2.38. The lowest BCUT2D eigenvalue weighted by atomic mass is 10.0. The van der Waals surface area contributed by atoms with E-state index >= 15 is 0 Å². The minimum atomic E-state index is -2.19. The molecular weight excluding hydrogens is 560 g/mol. The number of hydrogen-bond acceptors (Lipinski definition) is 6. The first kappa shape index (κ1) is 33.4. The first-order valence-corrected chi connectivity index (χ1v) is 17.4. The quantitative estimate of drug-likeness (QED) is 0.191. The maximum Gasteiger partial charge on any atom is 0.408 e. The summed E-state index contributed by atoms with van der Waals surface area (Å²) in [5.74, 6) is -0.447. The second-order valence-electron chi connectivity index (χ2n) is 12.2. The molecule has 0 bridgehead atoms. The van der Waals surface area contributed by atoms with Crippen LogP contribution in [0.1, 0.15) is 43.0 Å². The number of hydrogen-bond donors (Lipinski definition) is 2. The zero-order valence-corrected chi connectivity index (χ0v) is 27.2. The van der Waals surface area contributed by atoms with Crippen molar-refractivity contribution in [1.82, 2.24) is 10.6 Å². The van der Waals surface area contributed by atoms with Crippen LogP contribution in [0.25, 0.3) is 0 Å². The number of methoxy groups -OCH3 is 1. The summed E-state index contributed by atoms with van der Waals surface area (Å²) in [6.45, 7) is 12.8. The van der Waals surface area contributed by atoms with E-state index in [1.807, 2.05) is 85.8 Å². The Kier molecular flexibility index (Phi) is 11.5. The standard InChI is InChI=1S/C34H44N2O6Si/c1-24-18-19-30(42-43(6,7)34(2,3)4)27(20-24)22-29(32(38)40-5)35-31(37)28(21-25-14-10-8-11-15-25)36-33(39)41-23-26-16-12-9-13-17-26/h8-20,28-29H,21-23H2,1-7H3,(H,35,37)(H,36,39)/t28-,29-/m0/s1. The number of rotatable bonds is 12. The number of carbonyl (C=O) groups excluding carboxylic acids is 3. The largest absolute Gasteiger partial charge is 0.543 e. The summed E-state index contributed by atoms with van der Waals surface area (Å²) in [5.41, 5.74) is 3.44. The molecule has 0 fully saturated rings. The normalized spacial score (nSPS) is 12.9. The molecule has 3 aromatic rings. The van der Waals surface area contributed by atoms with Gasteiger partial charge in [-0.1, -0.05) is 99.1 Å². The van der Waals surface area contributed by atoms with E-state index in [-0.39, 0.29) is 24.5 Å². The molecule has 9 heteroatoms. The maximum atomic E-state index is 13.7. The predicted octanol–water partition coefficient (Wildman–Crippen LogP) is 6.12. The molecule has 230 valence electrons. The molecule has 2 atom stereocenters. The average Bonchev–Trinajstić information content (AvgIpc) is 2.96. The van der Waals surface area contributed by atoms with Crippen molar-refractivity contribution in [3.63, 3.8) is 0 Å². The molecule has 0 aliphatic carbocycles. The van der Waals surface area contributed by atoms with E-state index in [1.165, 1.54) is 7.11 Å². The van der Waals surface area contributed by atoms with Gasteiger partial charge in [-0.05, 0) is 47.8 Å². The fourth-order valence-electron chi connectivity index (χ4n) is 4.19. The third-order valence-corrected chi connectivity index (χ3v) is 12.1. The van der Waals surface area contributed by atoms with Crippen LogP contribution in [0.15, 0.2) is 78.9 Å². The Morgan fingerprint density at radius 3 is 2.00 bits per heavy atom. The van der Waals surface area contributed by atoms with Gasteiger partial charge in [0.1, 0.15) is 24.4 Å². The molecule has 0 aliphatic rings. The Morgan fingerprint density at radius 2 is 1.42 bits per heavy atom. The van der Waals surface area contributed by atoms with Gasteiger partial charge >= 0.3 is 12.1 Å². The van der Waals surface area contributed by atoms with E-state index < -0.39 is 38.4 Å². The first-order chi connectivity index (χ1) is 20.3. The number of carbonyl (C=O) groups is 3.